The van der Waals surface area contributed by atoms with E-state index in [9.17, 15) is 10.2 Å². The average molecular weight is 588 g/mol. The van der Waals surface area contributed by atoms with E-state index in [1.54, 1.807) is 0 Å². The minimum atomic E-state index is -0.666. The fourth-order valence-electron chi connectivity index (χ4n) is 7.14. The Balaban J connectivity index is 1.31. The van der Waals surface area contributed by atoms with Crippen LogP contribution in [0.15, 0.2) is 12.2 Å². The molecule has 0 aromatic rings. The van der Waals surface area contributed by atoms with Gasteiger partial charge in [0, 0.05) is 4.83 Å². The van der Waals surface area contributed by atoms with Gasteiger partial charge in [0.2, 0.25) is 0 Å². The summed E-state index contributed by atoms with van der Waals surface area (Å²) in [5.74, 6) is 0. The molecule has 0 aromatic heterocycles. The van der Waals surface area contributed by atoms with Gasteiger partial charge in [0.1, 0.15) is 0 Å². The van der Waals surface area contributed by atoms with Gasteiger partial charge in [0.05, 0.1) is 58.5 Å². The van der Waals surface area contributed by atoms with Gasteiger partial charge in [0.15, 0.2) is 0 Å². The second-order valence-electron chi connectivity index (χ2n) is 14.0. The van der Waals surface area contributed by atoms with Crippen LogP contribution in [0.25, 0.3) is 0 Å². The molecule has 0 aromatic carbocycles. The molecule has 0 spiro atoms. The SMILES string of the molecule is C=C(CC[C@H](O)[C@@]1(C)CC[C@H](O)C(C)(C)O1)[C@H]1CC[C@H]2O[C@@H]([C@]3(C)CC[C@@H](Br)C(C)(C)O3)CC[C@]2(C)O1. The first-order chi connectivity index (χ1) is 17.0. The van der Waals surface area contributed by atoms with Crippen molar-refractivity contribution < 1.29 is 29.2 Å². The second kappa shape index (κ2) is 10.4. The highest BCUT2D eigenvalue weighted by molar-refractivity contribution is 9.09. The smallest absolute Gasteiger partial charge is 0.0924 e. The quantitative estimate of drug-likeness (QED) is 0.294. The summed E-state index contributed by atoms with van der Waals surface area (Å²) in [5.41, 5.74) is -1.13. The van der Waals surface area contributed by atoms with Crippen LogP contribution in [0.1, 0.15) is 113 Å². The van der Waals surface area contributed by atoms with Crippen LogP contribution < -0.4 is 0 Å². The minimum absolute atomic E-state index is 0.0263. The largest absolute Gasteiger partial charge is 0.390 e. The zero-order chi connectivity index (χ0) is 27.4. The lowest BCUT2D eigenvalue weighted by atomic mass is 9.76. The maximum atomic E-state index is 11.0. The lowest BCUT2D eigenvalue weighted by Gasteiger charge is -2.55. The topological polar surface area (TPSA) is 77.4 Å². The summed E-state index contributed by atoms with van der Waals surface area (Å²) in [6.45, 7) is 18.9. The molecule has 9 atom stereocenters. The summed E-state index contributed by atoms with van der Waals surface area (Å²) in [4.78, 5) is 0.357. The molecule has 0 amide bonds. The fourth-order valence-corrected chi connectivity index (χ4v) is 7.46. The van der Waals surface area contributed by atoms with Gasteiger partial charge in [-0.2, -0.15) is 0 Å². The van der Waals surface area contributed by atoms with Crippen LogP contribution in [0.4, 0.5) is 0 Å². The summed E-state index contributed by atoms with van der Waals surface area (Å²) >= 11 is 3.80. The van der Waals surface area contributed by atoms with Gasteiger partial charge in [-0.25, -0.2) is 0 Å². The zero-order valence-electron chi connectivity index (χ0n) is 24.1. The Labute approximate surface area is 233 Å². The first kappa shape index (κ1) is 30.0. The lowest BCUT2D eigenvalue weighted by molar-refractivity contribution is -0.285. The summed E-state index contributed by atoms with van der Waals surface area (Å²) in [6, 6.07) is 0. The van der Waals surface area contributed by atoms with Crippen LogP contribution in [0.2, 0.25) is 0 Å². The summed E-state index contributed by atoms with van der Waals surface area (Å²) < 4.78 is 26.3. The van der Waals surface area contributed by atoms with Gasteiger partial charge in [-0.15, -0.1) is 0 Å². The monoisotopic (exact) mass is 586 g/mol. The van der Waals surface area contributed by atoms with Crippen LogP contribution in [-0.2, 0) is 18.9 Å². The second-order valence-corrected chi connectivity index (χ2v) is 15.1. The average Bonchev–Trinajstić information content (AvgIpc) is 2.81. The van der Waals surface area contributed by atoms with E-state index in [2.05, 4.69) is 50.2 Å². The highest BCUT2D eigenvalue weighted by atomic mass is 79.9. The third kappa shape index (κ3) is 6.03. The minimum Gasteiger partial charge on any atom is -0.390 e. The van der Waals surface area contributed by atoms with E-state index < -0.39 is 23.4 Å². The standard InChI is InChI=1S/C30H51BrO6/c1-19(9-11-23(33)28(6)17-14-22(32)27(4,5)37-28)20-10-12-24-29(7,35-20)18-15-25(34-24)30(8)16-13-21(31)26(2,3)36-30/h20-25,32-33H,1,9-18H2,2-8H3/t20-,21-,22+,23+,24-,25-,28-,29+,30+/m1/s1. The Morgan fingerprint density at radius 2 is 1.51 bits per heavy atom. The Bertz CT molecular complexity index is 846. The molecule has 37 heavy (non-hydrogen) atoms. The van der Waals surface area contributed by atoms with Crippen molar-refractivity contribution >= 4 is 15.9 Å². The van der Waals surface area contributed by atoms with E-state index >= 15 is 0 Å². The highest BCUT2D eigenvalue weighted by Gasteiger charge is 2.54. The first-order valence-corrected chi connectivity index (χ1v) is 15.3. The van der Waals surface area contributed by atoms with E-state index in [1.807, 2.05) is 20.8 Å². The van der Waals surface area contributed by atoms with Gasteiger partial charge < -0.3 is 29.2 Å². The third-order valence-corrected chi connectivity index (χ3v) is 11.5. The van der Waals surface area contributed by atoms with E-state index in [-0.39, 0.29) is 35.1 Å². The number of alkyl halides is 1. The molecule has 6 nitrogen and oxygen atoms in total. The van der Waals surface area contributed by atoms with Gasteiger partial charge in [-0.3, -0.25) is 0 Å². The van der Waals surface area contributed by atoms with Crippen LogP contribution in [0.3, 0.4) is 0 Å². The van der Waals surface area contributed by atoms with Crippen molar-refractivity contribution in [2.24, 2.45) is 0 Å². The summed E-state index contributed by atoms with van der Waals surface area (Å²) in [7, 11) is 0. The Morgan fingerprint density at radius 1 is 0.865 bits per heavy atom. The Hall–Kier alpha value is -0.0200. The molecule has 214 valence electrons. The number of rotatable bonds is 6. The predicted molar refractivity (Wildman–Crippen MR) is 149 cm³/mol. The van der Waals surface area contributed by atoms with E-state index in [0.29, 0.717) is 30.5 Å². The molecule has 4 fully saturated rings. The molecule has 4 aliphatic heterocycles. The number of hydrogen-bond donors (Lipinski definition) is 2. The normalized spacial score (nSPS) is 46.6. The number of hydrogen-bond acceptors (Lipinski definition) is 6. The molecular formula is C30H51BrO6. The third-order valence-electron chi connectivity index (χ3n) is 9.95. The van der Waals surface area contributed by atoms with Crippen LogP contribution in [0.5, 0.6) is 0 Å². The molecule has 4 saturated heterocycles. The number of halogens is 1. The van der Waals surface area contributed by atoms with Crippen molar-refractivity contribution in [3.63, 3.8) is 0 Å². The Morgan fingerprint density at radius 3 is 2.16 bits per heavy atom. The molecule has 0 radical (unpaired) electrons. The number of ether oxygens (including phenoxy) is 4. The number of aliphatic hydroxyl groups excluding tert-OH is 2. The number of aliphatic hydroxyl groups is 2. The lowest BCUT2D eigenvalue weighted by Crippen LogP contribution is -2.62. The van der Waals surface area contributed by atoms with Crippen LogP contribution in [0, 0.1) is 0 Å². The molecule has 4 aliphatic rings. The maximum absolute atomic E-state index is 11.0. The zero-order valence-corrected chi connectivity index (χ0v) is 25.7. The van der Waals surface area contributed by atoms with E-state index in [4.69, 9.17) is 18.9 Å². The molecule has 4 rings (SSSR count). The van der Waals surface area contributed by atoms with Crippen molar-refractivity contribution in [2.75, 3.05) is 0 Å². The Kier molecular flexibility index (Phi) is 8.44. The van der Waals surface area contributed by atoms with Gasteiger partial charge >= 0.3 is 0 Å². The predicted octanol–water partition coefficient (Wildman–Crippen LogP) is 5.99. The van der Waals surface area contributed by atoms with Gasteiger partial charge in [-0.1, -0.05) is 22.5 Å². The number of fused-ring (bicyclic) bond motifs is 1. The van der Waals surface area contributed by atoms with Crippen molar-refractivity contribution in [1.82, 2.24) is 0 Å². The fraction of sp³-hybridized carbons (Fsp3) is 0.933. The van der Waals surface area contributed by atoms with Crippen molar-refractivity contribution in [2.45, 2.75) is 176 Å². The molecule has 0 unspecified atom stereocenters. The van der Waals surface area contributed by atoms with E-state index in [1.165, 1.54) is 0 Å². The molecule has 0 bridgehead atoms. The van der Waals surface area contributed by atoms with Gasteiger partial charge in [-0.05, 0) is 118 Å². The summed E-state index contributed by atoms with van der Waals surface area (Å²) in [5, 5.41) is 21.3. The molecule has 0 aliphatic carbocycles. The van der Waals surface area contributed by atoms with Crippen LogP contribution >= 0.6 is 15.9 Å². The van der Waals surface area contributed by atoms with Crippen molar-refractivity contribution in [1.29, 1.82) is 0 Å². The van der Waals surface area contributed by atoms with Crippen molar-refractivity contribution in [3.8, 4) is 0 Å². The summed E-state index contributed by atoms with van der Waals surface area (Å²) in [6.07, 6.45) is 7.23. The maximum Gasteiger partial charge on any atom is 0.0924 e. The first-order valence-electron chi connectivity index (χ1n) is 14.4. The molecule has 2 N–H and O–H groups in total. The van der Waals surface area contributed by atoms with Crippen molar-refractivity contribution in [3.05, 3.63) is 12.2 Å². The molecular weight excluding hydrogens is 536 g/mol. The van der Waals surface area contributed by atoms with Crippen LogP contribution in [-0.4, -0.2) is 73.6 Å². The highest BCUT2D eigenvalue weighted by Crippen LogP contribution is 2.48. The van der Waals surface area contributed by atoms with E-state index in [0.717, 1.165) is 44.1 Å². The molecule has 7 heteroatoms. The molecule has 4 heterocycles. The molecule has 0 saturated carbocycles. The van der Waals surface area contributed by atoms with Gasteiger partial charge in [0.25, 0.3) is 0 Å².